The third-order valence-electron chi connectivity index (χ3n) is 0.0933. The van der Waals surface area contributed by atoms with Crippen LogP contribution in [0.5, 0.6) is 0 Å². The molecule has 0 aliphatic rings. The molecule has 1 atom stereocenters. The molecule has 6 heavy (non-hydrogen) atoms. The molecule has 0 aromatic heterocycles. The number of alkyl halides is 1. The molecule has 0 aliphatic heterocycles. The summed E-state index contributed by atoms with van der Waals surface area (Å²) >= 11 is -2.24. The van der Waals surface area contributed by atoms with E-state index in [9.17, 15) is 4.39 Å². The standard InChI is InChI=1S/CH3FO2S.Na.H/c2-1-5(3)4;;/h1H2,(H,3,4);;/q;+1;-1. The molecule has 0 heterocycles. The van der Waals surface area contributed by atoms with Gasteiger partial charge in [-0.15, -0.1) is 0 Å². The molecule has 0 aliphatic carbocycles. The summed E-state index contributed by atoms with van der Waals surface area (Å²) in [6.45, 7) is 0. The van der Waals surface area contributed by atoms with Gasteiger partial charge in [-0.3, -0.25) is 0 Å². The van der Waals surface area contributed by atoms with Crippen molar-refractivity contribution in [1.82, 2.24) is 0 Å². The number of hydrogen-bond acceptors (Lipinski definition) is 1. The van der Waals surface area contributed by atoms with Gasteiger partial charge in [0.15, 0.2) is 17.1 Å². The van der Waals surface area contributed by atoms with Crippen LogP contribution in [-0.2, 0) is 11.1 Å². The first kappa shape index (κ1) is 10.1. The molecule has 0 aromatic carbocycles. The molecule has 2 nitrogen and oxygen atoms in total. The zero-order valence-corrected chi connectivity index (χ0v) is 6.17. The van der Waals surface area contributed by atoms with E-state index in [0.29, 0.717) is 0 Å². The van der Waals surface area contributed by atoms with Gasteiger partial charge in [0, 0.05) is 0 Å². The third kappa shape index (κ3) is 8.90. The van der Waals surface area contributed by atoms with Crippen LogP contribution < -0.4 is 29.6 Å². The largest absolute Gasteiger partial charge is 1.00 e. The molecular formula is CH4FNaO2S. The SMILES string of the molecule is O=S(O)CF.[H-].[Na+]. The van der Waals surface area contributed by atoms with Gasteiger partial charge in [-0.05, 0) is 0 Å². The smallest absolute Gasteiger partial charge is 1.00 e. The first-order chi connectivity index (χ1) is 2.27. The van der Waals surface area contributed by atoms with Crippen LogP contribution in [0.15, 0.2) is 0 Å². The Balaban J connectivity index is -0.0000000800. The van der Waals surface area contributed by atoms with Crippen molar-refractivity contribution in [3.63, 3.8) is 0 Å². The number of halogens is 1. The Morgan fingerprint density at radius 2 is 2.17 bits per heavy atom. The normalized spacial score (nSPS) is 12.3. The average molecular weight is 122 g/mol. The van der Waals surface area contributed by atoms with E-state index in [1.165, 1.54) is 0 Å². The van der Waals surface area contributed by atoms with E-state index >= 15 is 0 Å². The summed E-state index contributed by atoms with van der Waals surface area (Å²) in [6, 6.07) is -1.17. The van der Waals surface area contributed by atoms with Gasteiger partial charge in [-0.2, -0.15) is 0 Å². The van der Waals surface area contributed by atoms with Crippen molar-refractivity contribution in [2.24, 2.45) is 0 Å². The zero-order chi connectivity index (χ0) is 4.28. The van der Waals surface area contributed by atoms with Crippen molar-refractivity contribution < 1.29 is 44.1 Å². The summed E-state index contributed by atoms with van der Waals surface area (Å²) in [4.78, 5) is 0. The molecule has 0 saturated heterocycles. The van der Waals surface area contributed by atoms with Crippen LogP contribution in [0.3, 0.4) is 0 Å². The van der Waals surface area contributed by atoms with E-state index in [1.807, 2.05) is 0 Å². The minimum Gasteiger partial charge on any atom is -1.00 e. The summed E-state index contributed by atoms with van der Waals surface area (Å²) in [6.07, 6.45) is 0. The minimum atomic E-state index is -2.24. The van der Waals surface area contributed by atoms with Crippen LogP contribution in [-0.4, -0.2) is 14.8 Å². The fraction of sp³-hybridized carbons (Fsp3) is 1.00. The predicted molar refractivity (Wildman–Crippen MR) is 17.9 cm³/mol. The summed E-state index contributed by atoms with van der Waals surface area (Å²) in [5.74, 6) is 0. The molecular weight excluding hydrogens is 118 g/mol. The van der Waals surface area contributed by atoms with E-state index < -0.39 is 17.1 Å². The first-order valence-corrected chi connectivity index (χ1v) is 2.18. The van der Waals surface area contributed by atoms with E-state index in [4.69, 9.17) is 8.76 Å². The number of hydrogen-bond donors (Lipinski definition) is 1. The van der Waals surface area contributed by atoms with Crippen LogP contribution >= 0.6 is 0 Å². The molecule has 0 radical (unpaired) electrons. The predicted octanol–water partition coefficient (Wildman–Crippen LogP) is -2.75. The Bertz CT molecular complexity index is 53.0. The maximum absolute atomic E-state index is 10.6. The second-order valence-electron chi connectivity index (χ2n) is 0.431. The number of rotatable bonds is 1. The molecule has 1 N–H and O–H groups in total. The van der Waals surface area contributed by atoms with E-state index in [-0.39, 0.29) is 31.0 Å². The second kappa shape index (κ2) is 6.04. The van der Waals surface area contributed by atoms with E-state index in [0.717, 1.165) is 0 Å². The Kier molecular flexibility index (Phi) is 10.2. The third-order valence-corrected chi connectivity index (χ3v) is 0.280. The summed E-state index contributed by atoms with van der Waals surface area (Å²) in [5.41, 5.74) is 0. The Labute approximate surface area is 61.2 Å². The van der Waals surface area contributed by atoms with Gasteiger partial charge in [0.25, 0.3) is 0 Å². The average Bonchev–Trinajstić information content (AvgIpc) is 1.38. The van der Waals surface area contributed by atoms with Crippen LogP contribution in [0, 0.1) is 0 Å². The fourth-order valence-electron chi connectivity index (χ4n) is 0. The monoisotopic (exact) mass is 122 g/mol. The quantitative estimate of drug-likeness (QED) is 0.302. The Morgan fingerprint density at radius 1 is 2.00 bits per heavy atom. The second-order valence-corrected chi connectivity index (χ2v) is 1.29. The van der Waals surface area contributed by atoms with Gasteiger partial charge < -0.3 is 5.98 Å². The maximum atomic E-state index is 10.6. The molecule has 5 heteroatoms. The van der Waals surface area contributed by atoms with Crippen molar-refractivity contribution in [1.29, 1.82) is 0 Å². The molecule has 0 aromatic rings. The molecule has 0 rings (SSSR count). The maximum Gasteiger partial charge on any atom is 1.00 e. The molecule has 0 bridgehead atoms. The van der Waals surface area contributed by atoms with Crippen molar-refractivity contribution >= 4 is 11.1 Å². The fourth-order valence-corrected chi connectivity index (χ4v) is 0. The van der Waals surface area contributed by atoms with Crippen LogP contribution in [0.2, 0.25) is 0 Å². The van der Waals surface area contributed by atoms with E-state index in [1.54, 1.807) is 0 Å². The van der Waals surface area contributed by atoms with Crippen molar-refractivity contribution in [3.8, 4) is 0 Å². The molecule has 0 saturated carbocycles. The van der Waals surface area contributed by atoms with Gasteiger partial charge in [0.1, 0.15) is 0 Å². The van der Waals surface area contributed by atoms with Crippen LogP contribution in [0.1, 0.15) is 1.43 Å². The summed E-state index contributed by atoms with van der Waals surface area (Å²) in [5, 5.41) is 0. The van der Waals surface area contributed by atoms with Crippen molar-refractivity contribution in [3.05, 3.63) is 0 Å². The van der Waals surface area contributed by atoms with Crippen LogP contribution in [0.4, 0.5) is 4.39 Å². The van der Waals surface area contributed by atoms with Gasteiger partial charge in [-0.25, -0.2) is 8.60 Å². The van der Waals surface area contributed by atoms with E-state index in [2.05, 4.69) is 0 Å². The molecule has 1 unspecified atom stereocenters. The summed E-state index contributed by atoms with van der Waals surface area (Å²) < 4.78 is 27.1. The summed E-state index contributed by atoms with van der Waals surface area (Å²) in [7, 11) is 0. The molecule has 34 valence electrons. The Hall–Kier alpha value is 1.04. The minimum absolute atomic E-state index is 0. The van der Waals surface area contributed by atoms with Crippen molar-refractivity contribution in [2.75, 3.05) is 6.01 Å². The topological polar surface area (TPSA) is 37.3 Å². The zero-order valence-electron chi connectivity index (χ0n) is 4.35. The molecule has 0 fully saturated rings. The molecule has 0 spiro atoms. The molecule has 0 amide bonds. The van der Waals surface area contributed by atoms with Gasteiger partial charge in [0.2, 0.25) is 0 Å². The van der Waals surface area contributed by atoms with Gasteiger partial charge in [0.05, 0.1) is 0 Å². The first-order valence-electron chi connectivity index (χ1n) is 0.905. The van der Waals surface area contributed by atoms with Gasteiger partial charge >= 0.3 is 29.6 Å². The van der Waals surface area contributed by atoms with Crippen LogP contribution in [0.25, 0.3) is 0 Å². The Morgan fingerprint density at radius 3 is 2.17 bits per heavy atom. The van der Waals surface area contributed by atoms with Crippen molar-refractivity contribution in [2.45, 2.75) is 0 Å². The van der Waals surface area contributed by atoms with Gasteiger partial charge in [-0.1, -0.05) is 0 Å².